The Hall–Kier alpha value is -2.04. The van der Waals surface area contributed by atoms with Gasteiger partial charge in [-0.05, 0) is 32.3 Å². The first-order chi connectivity index (χ1) is 11.1. The van der Waals surface area contributed by atoms with E-state index < -0.39 is 5.97 Å². The molecule has 2 amide bonds. The van der Waals surface area contributed by atoms with Crippen LogP contribution in [0.25, 0.3) is 0 Å². The summed E-state index contributed by atoms with van der Waals surface area (Å²) in [5.74, 6) is -0.400. The highest BCUT2D eigenvalue weighted by Crippen LogP contribution is 2.30. The van der Waals surface area contributed by atoms with Crippen molar-refractivity contribution in [3.63, 3.8) is 0 Å². The Bertz CT molecular complexity index is 545. The molecular weight excluding hydrogens is 292 g/mol. The van der Waals surface area contributed by atoms with Crippen LogP contribution in [0.15, 0.2) is 24.3 Å². The van der Waals surface area contributed by atoms with Crippen molar-refractivity contribution >= 4 is 12.0 Å². The van der Waals surface area contributed by atoms with Crippen LogP contribution in [0.5, 0.6) is 0 Å². The number of carbonyl (C=O) groups excluding carboxylic acids is 2. The molecule has 1 aromatic rings. The summed E-state index contributed by atoms with van der Waals surface area (Å²) in [5.41, 5.74) is 2.36. The molecule has 1 aromatic carbocycles. The molecule has 0 aliphatic carbocycles. The number of likely N-dealkylation sites (tertiary alicyclic amines) is 1. The average Bonchev–Trinajstić information content (AvgIpc) is 2.79. The maximum absolute atomic E-state index is 12.5. The average molecular weight is 318 g/mol. The molecule has 126 valence electrons. The second-order valence-electron chi connectivity index (χ2n) is 5.94. The summed E-state index contributed by atoms with van der Waals surface area (Å²) in [6.07, 6.45) is 4.19. The molecule has 0 spiro atoms. The third kappa shape index (κ3) is 4.98. The van der Waals surface area contributed by atoms with E-state index in [0.717, 1.165) is 31.2 Å². The third-order valence-electron chi connectivity index (χ3n) is 4.13. The van der Waals surface area contributed by atoms with Crippen LogP contribution >= 0.6 is 0 Å². The summed E-state index contributed by atoms with van der Waals surface area (Å²) in [4.78, 5) is 25.8. The normalized spacial score (nSPS) is 18.2. The Kier molecular flexibility index (Phi) is 6.44. The van der Waals surface area contributed by atoms with E-state index in [1.165, 1.54) is 5.56 Å². The van der Waals surface area contributed by atoms with Gasteiger partial charge in [-0.25, -0.2) is 4.79 Å². The summed E-state index contributed by atoms with van der Waals surface area (Å²) in [6, 6.07) is 8.19. The fourth-order valence-corrected chi connectivity index (χ4v) is 3.04. The quantitative estimate of drug-likeness (QED) is 0.867. The van der Waals surface area contributed by atoms with Gasteiger partial charge < -0.3 is 15.0 Å². The Morgan fingerprint density at radius 1 is 1.30 bits per heavy atom. The third-order valence-corrected chi connectivity index (χ3v) is 4.13. The number of benzene rings is 1. The molecule has 0 bridgehead atoms. The van der Waals surface area contributed by atoms with E-state index in [1.54, 1.807) is 6.92 Å². The van der Waals surface area contributed by atoms with Gasteiger partial charge in [-0.1, -0.05) is 42.7 Å². The van der Waals surface area contributed by atoms with Crippen molar-refractivity contribution < 1.29 is 14.3 Å². The number of aryl methyl sites for hydroxylation is 1. The number of carbonyl (C=O) groups is 2. The highest BCUT2D eigenvalue weighted by Gasteiger charge is 2.27. The summed E-state index contributed by atoms with van der Waals surface area (Å²) >= 11 is 0. The van der Waals surface area contributed by atoms with Gasteiger partial charge in [0.15, 0.2) is 0 Å². The molecule has 0 aromatic heterocycles. The predicted molar refractivity (Wildman–Crippen MR) is 89.1 cm³/mol. The summed E-state index contributed by atoms with van der Waals surface area (Å²) in [5, 5.41) is 2.69. The topological polar surface area (TPSA) is 58.6 Å². The smallest absolute Gasteiger partial charge is 0.325 e. The van der Waals surface area contributed by atoms with Gasteiger partial charge >= 0.3 is 12.0 Å². The van der Waals surface area contributed by atoms with Crippen molar-refractivity contribution in [1.29, 1.82) is 0 Å². The van der Waals surface area contributed by atoms with Crippen molar-refractivity contribution in [2.75, 3.05) is 19.7 Å². The fourth-order valence-electron chi connectivity index (χ4n) is 3.04. The Labute approximate surface area is 138 Å². The lowest BCUT2D eigenvalue weighted by Gasteiger charge is -2.30. The highest BCUT2D eigenvalue weighted by atomic mass is 16.5. The minimum Gasteiger partial charge on any atom is -0.465 e. The fraction of sp³-hybridized carbons (Fsp3) is 0.556. The predicted octanol–water partition coefficient (Wildman–Crippen LogP) is 3.18. The van der Waals surface area contributed by atoms with E-state index in [2.05, 4.69) is 30.4 Å². The molecule has 1 aliphatic heterocycles. The first-order valence-electron chi connectivity index (χ1n) is 8.38. The monoisotopic (exact) mass is 318 g/mol. The van der Waals surface area contributed by atoms with Gasteiger partial charge in [-0.15, -0.1) is 0 Å². The zero-order chi connectivity index (χ0) is 16.7. The van der Waals surface area contributed by atoms with E-state index in [9.17, 15) is 9.59 Å². The molecule has 0 saturated carbocycles. The van der Waals surface area contributed by atoms with Crippen LogP contribution in [-0.4, -0.2) is 36.6 Å². The van der Waals surface area contributed by atoms with Gasteiger partial charge in [0.2, 0.25) is 0 Å². The van der Waals surface area contributed by atoms with Gasteiger partial charge in [0.05, 0.1) is 12.6 Å². The number of amides is 2. The Morgan fingerprint density at radius 2 is 2.13 bits per heavy atom. The minimum absolute atomic E-state index is 0.0691. The first kappa shape index (κ1) is 17.3. The Balaban J connectivity index is 2.08. The maximum Gasteiger partial charge on any atom is 0.325 e. The molecular formula is C18H26N2O3. The van der Waals surface area contributed by atoms with Crippen LogP contribution in [0.3, 0.4) is 0 Å². The molecule has 1 saturated heterocycles. The molecule has 5 nitrogen and oxygen atoms in total. The number of hydrogen-bond acceptors (Lipinski definition) is 3. The summed E-state index contributed by atoms with van der Waals surface area (Å²) < 4.78 is 4.86. The second kappa shape index (κ2) is 8.56. The second-order valence-corrected chi connectivity index (χ2v) is 5.94. The van der Waals surface area contributed by atoms with Crippen molar-refractivity contribution in [2.24, 2.45) is 0 Å². The Morgan fingerprint density at radius 3 is 2.87 bits per heavy atom. The van der Waals surface area contributed by atoms with Crippen LogP contribution < -0.4 is 5.32 Å². The van der Waals surface area contributed by atoms with Gasteiger partial charge in [0, 0.05) is 6.54 Å². The molecule has 1 aliphatic rings. The molecule has 23 heavy (non-hydrogen) atoms. The molecule has 0 radical (unpaired) electrons. The number of rotatable bonds is 4. The lowest BCUT2D eigenvalue weighted by atomic mass is 9.99. The van der Waals surface area contributed by atoms with Gasteiger partial charge in [-0.3, -0.25) is 4.79 Å². The van der Waals surface area contributed by atoms with E-state index >= 15 is 0 Å². The van der Waals surface area contributed by atoms with Gasteiger partial charge in [0.25, 0.3) is 0 Å². The maximum atomic E-state index is 12.5. The molecule has 1 fully saturated rings. The van der Waals surface area contributed by atoms with Crippen molar-refractivity contribution in [3.8, 4) is 0 Å². The lowest BCUT2D eigenvalue weighted by molar-refractivity contribution is -0.141. The van der Waals surface area contributed by atoms with E-state index in [4.69, 9.17) is 4.74 Å². The zero-order valence-electron chi connectivity index (χ0n) is 14.0. The van der Waals surface area contributed by atoms with Crippen LogP contribution in [-0.2, 0) is 9.53 Å². The first-order valence-corrected chi connectivity index (χ1v) is 8.38. The number of ether oxygens (including phenoxy) is 1. The van der Waals surface area contributed by atoms with Crippen molar-refractivity contribution in [3.05, 3.63) is 35.4 Å². The van der Waals surface area contributed by atoms with Crippen molar-refractivity contribution in [2.45, 2.75) is 45.6 Å². The minimum atomic E-state index is -0.400. The van der Waals surface area contributed by atoms with Gasteiger partial charge in [0.1, 0.15) is 6.54 Å². The summed E-state index contributed by atoms with van der Waals surface area (Å²) in [6.45, 7) is 4.77. The van der Waals surface area contributed by atoms with Crippen molar-refractivity contribution in [1.82, 2.24) is 10.2 Å². The lowest BCUT2D eigenvalue weighted by Crippen LogP contribution is -2.44. The van der Waals surface area contributed by atoms with Crippen LogP contribution in [0.2, 0.25) is 0 Å². The largest absolute Gasteiger partial charge is 0.465 e. The molecule has 1 N–H and O–H groups in total. The SMILES string of the molecule is CCOC(=O)CNC(=O)N1CCCCC[C@H]1c1cccc(C)c1. The number of urea groups is 1. The molecule has 1 heterocycles. The standard InChI is InChI=1S/C18H26N2O3/c1-3-23-17(21)13-19-18(22)20-11-6-4-5-10-16(20)15-9-7-8-14(2)12-15/h7-9,12,16H,3-6,10-11,13H2,1-2H3,(H,19,22)/t16-/m0/s1. The molecule has 5 heteroatoms. The molecule has 0 unspecified atom stereocenters. The molecule has 1 atom stereocenters. The van der Waals surface area contributed by atoms with Crippen LogP contribution in [0.4, 0.5) is 4.79 Å². The van der Waals surface area contributed by atoms with Crippen LogP contribution in [0, 0.1) is 6.92 Å². The van der Waals surface area contributed by atoms with E-state index in [-0.39, 0.29) is 18.6 Å². The number of esters is 1. The van der Waals surface area contributed by atoms with E-state index in [0.29, 0.717) is 13.2 Å². The number of hydrogen-bond donors (Lipinski definition) is 1. The van der Waals surface area contributed by atoms with E-state index in [1.807, 2.05) is 11.0 Å². The number of nitrogens with zero attached hydrogens (tertiary/aromatic N) is 1. The highest BCUT2D eigenvalue weighted by molar-refractivity contribution is 5.81. The molecule has 2 rings (SSSR count). The van der Waals surface area contributed by atoms with Gasteiger partial charge in [-0.2, -0.15) is 0 Å². The zero-order valence-corrected chi connectivity index (χ0v) is 14.0. The number of nitrogens with one attached hydrogen (secondary N) is 1. The van der Waals surface area contributed by atoms with Crippen LogP contribution in [0.1, 0.15) is 49.8 Å². The summed E-state index contributed by atoms with van der Waals surface area (Å²) in [7, 11) is 0.